The van der Waals surface area contributed by atoms with E-state index in [1.807, 2.05) is 7.05 Å². The van der Waals surface area contributed by atoms with Gasteiger partial charge in [-0.15, -0.1) is 21.5 Å². The van der Waals surface area contributed by atoms with Gasteiger partial charge >= 0.3 is 0 Å². The number of benzene rings is 1. The molecule has 226 valence electrons. The number of hydrogen-bond acceptors (Lipinski definition) is 11. The van der Waals surface area contributed by atoms with Gasteiger partial charge in [0.2, 0.25) is 5.91 Å². The SMILES string of the molecule is CN1CCc2nc(C(=O)N3CCN(S(=O)(=O)c4cc5cc(C(=N)N)ccc5[nH]4)CC3CC(=O)NCc3nn[nH]n3)sc2C1. The van der Waals surface area contributed by atoms with Gasteiger partial charge in [0, 0.05) is 66.9 Å². The lowest BCUT2D eigenvalue weighted by atomic mass is 10.1. The summed E-state index contributed by atoms with van der Waals surface area (Å²) in [6.07, 6.45) is 0.611. The largest absolute Gasteiger partial charge is 0.384 e. The third-order valence-electron chi connectivity index (χ3n) is 7.59. The summed E-state index contributed by atoms with van der Waals surface area (Å²) in [7, 11) is -2.01. The number of hydrogen-bond donors (Lipinski definition) is 5. The van der Waals surface area contributed by atoms with Crippen LogP contribution in [0.3, 0.4) is 0 Å². The molecule has 1 fully saturated rings. The number of aromatic nitrogens is 6. The average Bonchev–Trinajstić information content (AvgIpc) is 3.75. The van der Waals surface area contributed by atoms with Crippen LogP contribution in [0, 0.1) is 5.41 Å². The second-order valence-electron chi connectivity index (χ2n) is 10.6. The van der Waals surface area contributed by atoms with Gasteiger partial charge in [0.25, 0.3) is 15.9 Å². The highest BCUT2D eigenvalue weighted by Crippen LogP contribution is 2.29. The fourth-order valence-corrected chi connectivity index (χ4v) is 7.93. The summed E-state index contributed by atoms with van der Waals surface area (Å²) in [5, 5.41) is 24.7. The Morgan fingerprint density at radius 1 is 1.23 bits per heavy atom. The number of nitrogens with one attached hydrogen (secondary N) is 4. The molecule has 1 atom stereocenters. The molecule has 2 aliphatic rings. The van der Waals surface area contributed by atoms with Crippen LogP contribution in [-0.4, -0.2) is 110 Å². The highest BCUT2D eigenvalue weighted by molar-refractivity contribution is 7.89. The fraction of sp³-hybridized carbons (Fsp3) is 0.400. The first-order chi connectivity index (χ1) is 20.6. The maximum atomic E-state index is 13.8. The van der Waals surface area contributed by atoms with E-state index in [9.17, 15) is 18.0 Å². The van der Waals surface area contributed by atoms with Crippen molar-refractivity contribution in [1.82, 2.24) is 50.0 Å². The van der Waals surface area contributed by atoms with E-state index >= 15 is 0 Å². The number of thiazole rings is 1. The molecule has 1 aromatic carbocycles. The van der Waals surface area contributed by atoms with Crippen LogP contribution in [0.2, 0.25) is 0 Å². The number of nitrogens with zero attached hydrogens (tertiary/aromatic N) is 7. The minimum Gasteiger partial charge on any atom is -0.384 e. The van der Waals surface area contributed by atoms with Crippen molar-refractivity contribution < 1.29 is 18.0 Å². The summed E-state index contributed by atoms with van der Waals surface area (Å²) in [4.78, 5) is 39.1. The maximum Gasteiger partial charge on any atom is 0.283 e. The predicted octanol–water partition coefficient (Wildman–Crippen LogP) is -0.369. The van der Waals surface area contributed by atoms with Crippen molar-refractivity contribution in [2.45, 2.75) is 37.0 Å². The van der Waals surface area contributed by atoms with Crippen LogP contribution in [0.5, 0.6) is 0 Å². The van der Waals surface area contributed by atoms with Crippen molar-refractivity contribution in [2.75, 3.05) is 33.2 Å². The number of fused-ring (bicyclic) bond motifs is 2. The summed E-state index contributed by atoms with van der Waals surface area (Å²) in [6, 6.07) is 5.70. The Balaban J connectivity index is 1.25. The van der Waals surface area contributed by atoms with Crippen molar-refractivity contribution in [3.8, 4) is 0 Å². The zero-order chi connectivity index (χ0) is 30.3. The van der Waals surface area contributed by atoms with E-state index in [0.717, 1.165) is 23.5 Å². The molecule has 16 nitrogen and oxygen atoms in total. The molecule has 0 spiro atoms. The Labute approximate surface area is 250 Å². The normalized spacial score (nSPS) is 18.1. The van der Waals surface area contributed by atoms with E-state index in [4.69, 9.17) is 11.1 Å². The maximum absolute atomic E-state index is 13.8. The third-order valence-corrected chi connectivity index (χ3v) is 10.4. The van der Waals surface area contributed by atoms with E-state index in [1.165, 1.54) is 21.7 Å². The molecule has 18 heteroatoms. The van der Waals surface area contributed by atoms with Crippen molar-refractivity contribution in [3.63, 3.8) is 0 Å². The number of nitrogen functional groups attached to an aromatic ring is 1. The summed E-state index contributed by atoms with van der Waals surface area (Å²) < 4.78 is 28.8. The molecule has 0 aliphatic carbocycles. The van der Waals surface area contributed by atoms with Crippen LogP contribution in [-0.2, 0) is 34.3 Å². The highest BCUT2D eigenvalue weighted by Gasteiger charge is 2.39. The number of aromatic amines is 2. The van der Waals surface area contributed by atoms with Gasteiger partial charge < -0.3 is 25.8 Å². The number of sulfonamides is 1. The first-order valence-corrected chi connectivity index (χ1v) is 15.8. The average molecular weight is 627 g/mol. The number of carbonyl (C=O) groups is 2. The quantitative estimate of drug-likeness (QED) is 0.126. The third kappa shape index (κ3) is 5.85. The molecule has 6 rings (SSSR count). The minimum atomic E-state index is -4.02. The van der Waals surface area contributed by atoms with E-state index in [1.54, 1.807) is 23.1 Å². The number of tetrazole rings is 1. The van der Waals surface area contributed by atoms with Gasteiger partial charge in [-0.1, -0.05) is 5.21 Å². The van der Waals surface area contributed by atoms with Gasteiger partial charge in [-0.2, -0.15) is 9.52 Å². The molecule has 3 aromatic heterocycles. The molecule has 0 radical (unpaired) electrons. The second-order valence-corrected chi connectivity index (χ2v) is 13.5. The Morgan fingerprint density at radius 3 is 2.84 bits per heavy atom. The summed E-state index contributed by atoms with van der Waals surface area (Å²) in [5.74, 6) is -0.548. The Kier molecular flexibility index (Phi) is 7.67. The van der Waals surface area contributed by atoms with E-state index < -0.39 is 22.0 Å². The molecule has 1 saturated heterocycles. The van der Waals surface area contributed by atoms with Gasteiger partial charge in [-0.3, -0.25) is 15.0 Å². The lowest BCUT2D eigenvalue weighted by Crippen LogP contribution is -2.57. The van der Waals surface area contributed by atoms with E-state index in [2.05, 4.69) is 40.8 Å². The molecule has 43 heavy (non-hydrogen) atoms. The smallest absolute Gasteiger partial charge is 0.283 e. The zero-order valence-electron chi connectivity index (χ0n) is 23.2. The molecule has 6 N–H and O–H groups in total. The number of amidine groups is 1. The number of carbonyl (C=O) groups excluding carboxylic acids is 2. The van der Waals surface area contributed by atoms with E-state index in [-0.39, 0.29) is 49.4 Å². The van der Waals surface area contributed by atoms with E-state index in [0.29, 0.717) is 33.8 Å². The highest BCUT2D eigenvalue weighted by atomic mass is 32.2. The number of likely N-dealkylation sites (N-methyl/N-ethyl adjacent to an activating group) is 1. The molecule has 0 bridgehead atoms. The fourth-order valence-electron chi connectivity index (χ4n) is 5.30. The first kappa shape index (κ1) is 28.8. The summed E-state index contributed by atoms with van der Waals surface area (Å²) >= 11 is 1.35. The molecule has 2 amide bonds. The number of H-pyrrole nitrogens is 2. The van der Waals surface area contributed by atoms with Gasteiger partial charge in [-0.05, 0) is 31.3 Å². The zero-order valence-corrected chi connectivity index (χ0v) is 24.8. The predicted molar refractivity (Wildman–Crippen MR) is 156 cm³/mol. The number of piperazine rings is 1. The van der Waals surface area contributed by atoms with Crippen molar-refractivity contribution in [2.24, 2.45) is 5.73 Å². The van der Waals surface area contributed by atoms with Crippen LogP contribution in [0.4, 0.5) is 0 Å². The van der Waals surface area contributed by atoms with Crippen LogP contribution < -0.4 is 11.1 Å². The first-order valence-electron chi connectivity index (χ1n) is 13.5. The van der Waals surface area contributed by atoms with Crippen LogP contribution in [0.25, 0.3) is 10.9 Å². The standard InChI is InChI=1S/C25H30N12O4S2/c1-35-5-4-18-19(13-35)42-24(30-18)25(39)37-7-6-36(12-16(37)10-21(38)28-11-20-31-33-34-32-20)43(40,41)22-9-15-8-14(23(26)27)2-3-17(15)29-22/h2-3,8-9,16,29H,4-7,10-13H2,1H3,(H3,26,27)(H,28,38)(H,31,32,33,34). The second kappa shape index (κ2) is 11.4. The van der Waals surface area contributed by atoms with Gasteiger partial charge in [0.05, 0.1) is 18.3 Å². The molecular formula is C25H30N12O4S2. The molecule has 0 saturated carbocycles. The molecule has 1 unspecified atom stereocenters. The van der Waals surface area contributed by atoms with Crippen molar-refractivity contribution in [3.05, 3.63) is 51.2 Å². The molecule has 2 aliphatic heterocycles. The number of amides is 2. The van der Waals surface area contributed by atoms with Crippen LogP contribution >= 0.6 is 11.3 Å². The molecule has 5 heterocycles. The number of rotatable bonds is 8. The van der Waals surface area contributed by atoms with Gasteiger partial charge in [0.1, 0.15) is 10.9 Å². The lowest BCUT2D eigenvalue weighted by molar-refractivity contribution is -0.122. The Bertz CT molecular complexity index is 1800. The number of nitrogens with two attached hydrogens (primary N) is 1. The van der Waals surface area contributed by atoms with Crippen molar-refractivity contribution >= 4 is 49.9 Å². The monoisotopic (exact) mass is 626 g/mol. The van der Waals surface area contributed by atoms with Crippen LogP contribution in [0.1, 0.15) is 38.2 Å². The van der Waals surface area contributed by atoms with Gasteiger partial charge in [-0.25, -0.2) is 13.4 Å². The van der Waals surface area contributed by atoms with Gasteiger partial charge in [0.15, 0.2) is 10.8 Å². The Morgan fingerprint density at radius 2 is 2.07 bits per heavy atom. The summed E-state index contributed by atoms with van der Waals surface area (Å²) in [5.41, 5.74) is 7.56. The minimum absolute atomic E-state index is 0.0278. The lowest BCUT2D eigenvalue weighted by Gasteiger charge is -2.40. The summed E-state index contributed by atoms with van der Waals surface area (Å²) in [6.45, 7) is 1.63. The molecular weight excluding hydrogens is 596 g/mol. The Hall–Kier alpha value is -4.26. The molecule has 4 aromatic rings. The topological polar surface area (TPSA) is 223 Å². The van der Waals surface area contributed by atoms with Crippen LogP contribution in [0.15, 0.2) is 29.3 Å². The van der Waals surface area contributed by atoms with Crippen molar-refractivity contribution in [1.29, 1.82) is 5.41 Å².